The zero-order chi connectivity index (χ0) is 15.0. The second kappa shape index (κ2) is 4.69. The van der Waals surface area contributed by atoms with Crippen molar-refractivity contribution in [2.24, 2.45) is 0 Å². The van der Waals surface area contributed by atoms with Crippen LogP contribution >= 0.6 is 0 Å². The highest BCUT2D eigenvalue weighted by molar-refractivity contribution is 5.88. The van der Waals surface area contributed by atoms with E-state index in [1.165, 1.54) is 30.6 Å². The maximum Gasteiger partial charge on any atom is 0.417 e. The maximum absolute atomic E-state index is 13.1. The van der Waals surface area contributed by atoms with Crippen molar-refractivity contribution in [3.05, 3.63) is 48.3 Å². The van der Waals surface area contributed by atoms with Crippen molar-refractivity contribution < 1.29 is 13.2 Å². The van der Waals surface area contributed by atoms with Crippen molar-refractivity contribution >= 4 is 16.7 Å². The van der Waals surface area contributed by atoms with Gasteiger partial charge in [-0.15, -0.1) is 0 Å². The Balaban J connectivity index is 2.27. The number of aromatic nitrogens is 3. The summed E-state index contributed by atoms with van der Waals surface area (Å²) in [5.41, 5.74) is 5.33. The minimum absolute atomic E-state index is 0.0564. The molecule has 2 aromatic heterocycles. The smallest absolute Gasteiger partial charge is 0.383 e. The van der Waals surface area contributed by atoms with Gasteiger partial charge >= 0.3 is 6.18 Å². The van der Waals surface area contributed by atoms with Gasteiger partial charge in [-0.05, 0) is 12.1 Å². The molecule has 2 heterocycles. The van der Waals surface area contributed by atoms with Crippen LogP contribution in [0.3, 0.4) is 0 Å². The highest BCUT2D eigenvalue weighted by Crippen LogP contribution is 2.36. The Hall–Kier alpha value is -2.70. The second-order valence-corrected chi connectivity index (χ2v) is 4.37. The number of nitrogen functional groups attached to an aromatic ring is 1. The zero-order valence-electron chi connectivity index (χ0n) is 10.6. The molecule has 0 fully saturated rings. The van der Waals surface area contributed by atoms with Crippen molar-refractivity contribution in [2.75, 3.05) is 5.73 Å². The minimum Gasteiger partial charge on any atom is -0.383 e. The van der Waals surface area contributed by atoms with Crippen molar-refractivity contribution in [1.29, 1.82) is 0 Å². The first-order valence-electron chi connectivity index (χ1n) is 6.00. The molecule has 0 saturated carbocycles. The van der Waals surface area contributed by atoms with E-state index >= 15 is 0 Å². The molecule has 0 radical (unpaired) electrons. The molecule has 0 aliphatic heterocycles. The molecule has 4 nitrogen and oxygen atoms in total. The first-order chi connectivity index (χ1) is 9.97. The van der Waals surface area contributed by atoms with Gasteiger partial charge in [0.15, 0.2) is 5.82 Å². The van der Waals surface area contributed by atoms with Crippen LogP contribution in [-0.4, -0.2) is 15.0 Å². The van der Waals surface area contributed by atoms with Crippen LogP contribution in [0.2, 0.25) is 0 Å². The van der Waals surface area contributed by atoms with Crippen molar-refractivity contribution in [3.8, 4) is 11.4 Å². The Morgan fingerprint density at radius 1 is 1.00 bits per heavy atom. The third kappa shape index (κ3) is 2.37. The van der Waals surface area contributed by atoms with Gasteiger partial charge in [0, 0.05) is 18.0 Å². The standard InChI is InChI=1S/C14H9F3N4/c15-14(16,17)10-4-2-1-3-8(10)13-20-11-5-6-19-7-9(11)12(18)21-13/h1-7H,(H2,18,20,21). The van der Waals surface area contributed by atoms with E-state index in [4.69, 9.17) is 5.73 Å². The number of alkyl halides is 3. The van der Waals surface area contributed by atoms with Gasteiger partial charge in [0.1, 0.15) is 5.82 Å². The van der Waals surface area contributed by atoms with Gasteiger partial charge in [0.05, 0.1) is 16.5 Å². The molecule has 0 aliphatic carbocycles. The number of rotatable bonds is 1. The number of fused-ring (bicyclic) bond motifs is 1. The van der Waals surface area contributed by atoms with Gasteiger partial charge < -0.3 is 5.73 Å². The summed E-state index contributed by atoms with van der Waals surface area (Å²) in [5.74, 6) is 0.0409. The quantitative estimate of drug-likeness (QED) is 0.747. The average molecular weight is 290 g/mol. The van der Waals surface area contributed by atoms with Gasteiger partial charge in [0.25, 0.3) is 0 Å². The number of pyridine rings is 1. The second-order valence-electron chi connectivity index (χ2n) is 4.37. The van der Waals surface area contributed by atoms with Gasteiger partial charge in [-0.1, -0.05) is 18.2 Å². The Morgan fingerprint density at radius 2 is 1.76 bits per heavy atom. The predicted octanol–water partition coefficient (Wildman–Crippen LogP) is 3.29. The first kappa shape index (κ1) is 13.3. The number of hydrogen-bond donors (Lipinski definition) is 1. The van der Waals surface area contributed by atoms with E-state index < -0.39 is 11.7 Å². The van der Waals surface area contributed by atoms with Crippen molar-refractivity contribution in [2.45, 2.75) is 6.18 Å². The van der Waals surface area contributed by atoms with Crippen molar-refractivity contribution in [1.82, 2.24) is 15.0 Å². The van der Waals surface area contributed by atoms with Crippen LogP contribution in [0.15, 0.2) is 42.7 Å². The molecular weight excluding hydrogens is 281 g/mol. The van der Waals surface area contributed by atoms with E-state index in [0.29, 0.717) is 10.9 Å². The van der Waals surface area contributed by atoms with E-state index in [9.17, 15) is 13.2 Å². The highest BCUT2D eigenvalue weighted by atomic mass is 19.4. The molecule has 0 saturated heterocycles. The zero-order valence-corrected chi connectivity index (χ0v) is 10.6. The summed E-state index contributed by atoms with van der Waals surface area (Å²) in [6.07, 6.45) is -1.51. The normalized spacial score (nSPS) is 11.8. The summed E-state index contributed by atoms with van der Waals surface area (Å²) in [5, 5.41) is 0.505. The van der Waals surface area contributed by atoms with Crippen LogP contribution in [0.4, 0.5) is 19.0 Å². The number of nitrogens with two attached hydrogens (primary N) is 1. The van der Waals surface area contributed by atoms with Gasteiger partial charge in [0.2, 0.25) is 0 Å². The van der Waals surface area contributed by atoms with Crippen LogP contribution in [0.1, 0.15) is 5.56 Å². The lowest BCUT2D eigenvalue weighted by molar-refractivity contribution is -0.137. The summed E-state index contributed by atoms with van der Waals surface area (Å²) >= 11 is 0. The molecule has 3 rings (SSSR count). The summed E-state index contributed by atoms with van der Waals surface area (Å²) in [6.45, 7) is 0. The van der Waals surface area contributed by atoms with Crippen LogP contribution in [0, 0.1) is 0 Å². The summed E-state index contributed by atoms with van der Waals surface area (Å²) in [6, 6.07) is 6.71. The largest absolute Gasteiger partial charge is 0.417 e. The van der Waals surface area contributed by atoms with Gasteiger partial charge in [-0.3, -0.25) is 4.98 Å². The lowest BCUT2D eigenvalue weighted by Gasteiger charge is -2.12. The summed E-state index contributed by atoms with van der Waals surface area (Å²) in [4.78, 5) is 12.0. The molecule has 7 heteroatoms. The molecular formula is C14H9F3N4. The fourth-order valence-corrected chi connectivity index (χ4v) is 2.04. The first-order valence-corrected chi connectivity index (χ1v) is 6.00. The van der Waals surface area contributed by atoms with Gasteiger partial charge in [-0.25, -0.2) is 9.97 Å². The van der Waals surface area contributed by atoms with Crippen LogP contribution in [0.25, 0.3) is 22.3 Å². The third-order valence-corrected chi connectivity index (χ3v) is 3.00. The number of hydrogen-bond acceptors (Lipinski definition) is 4. The molecule has 0 bridgehead atoms. The van der Waals surface area contributed by atoms with E-state index in [1.54, 1.807) is 6.07 Å². The Kier molecular flexibility index (Phi) is 2.97. The molecule has 0 unspecified atom stereocenters. The molecule has 0 atom stereocenters. The monoisotopic (exact) mass is 290 g/mol. The Bertz CT molecular complexity index is 815. The molecule has 0 spiro atoms. The van der Waals surface area contributed by atoms with Crippen LogP contribution in [-0.2, 0) is 6.18 Å². The fraction of sp³-hybridized carbons (Fsp3) is 0.0714. The van der Waals surface area contributed by atoms with E-state index in [1.807, 2.05) is 0 Å². The third-order valence-electron chi connectivity index (χ3n) is 3.00. The Labute approximate surface area is 117 Å². The van der Waals surface area contributed by atoms with E-state index in [-0.39, 0.29) is 17.2 Å². The number of halogens is 3. The lowest BCUT2D eigenvalue weighted by Crippen LogP contribution is -2.08. The Morgan fingerprint density at radius 3 is 2.52 bits per heavy atom. The summed E-state index contributed by atoms with van der Waals surface area (Å²) < 4.78 is 39.2. The SMILES string of the molecule is Nc1nc(-c2ccccc2C(F)(F)F)nc2ccncc12. The van der Waals surface area contributed by atoms with Crippen LogP contribution < -0.4 is 5.73 Å². The van der Waals surface area contributed by atoms with E-state index in [2.05, 4.69) is 15.0 Å². The number of anilines is 1. The lowest BCUT2D eigenvalue weighted by atomic mass is 10.1. The van der Waals surface area contributed by atoms with Crippen LogP contribution in [0.5, 0.6) is 0 Å². The molecule has 2 N–H and O–H groups in total. The topological polar surface area (TPSA) is 64.7 Å². The maximum atomic E-state index is 13.1. The molecule has 0 aliphatic rings. The summed E-state index contributed by atoms with van der Waals surface area (Å²) in [7, 11) is 0. The van der Waals surface area contributed by atoms with E-state index in [0.717, 1.165) is 6.07 Å². The number of nitrogens with zero attached hydrogens (tertiary/aromatic N) is 3. The van der Waals surface area contributed by atoms with Crippen molar-refractivity contribution in [3.63, 3.8) is 0 Å². The fourth-order valence-electron chi connectivity index (χ4n) is 2.04. The number of benzene rings is 1. The minimum atomic E-state index is -4.48. The molecule has 0 amide bonds. The highest BCUT2D eigenvalue weighted by Gasteiger charge is 2.34. The van der Waals surface area contributed by atoms with Gasteiger partial charge in [-0.2, -0.15) is 13.2 Å². The molecule has 106 valence electrons. The molecule has 1 aromatic carbocycles. The molecule has 3 aromatic rings. The average Bonchev–Trinajstić information content (AvgIpc) is 2.46. The predicted molar refractivity (Wildman–Crippen MR) is 72.2 cm³/mol. The molecule has 21 heavy (non-hydrogen) atoms.